The molecule has 0 unspecified atom stereocenters. The summed E-state index contributed by atoms with van der Waals surface area (Å²) in [6.45, 7) is 15.3. The maximum absolute atomic E-state index is 13.4. The van der Waals surface area contributed by atoms with Crippen molar-refractivity contribution in [2.45, 2.75) is 70.6 Å². The predicted molar refractivity (Wildman–Crippen MR) is 129 cm³/mol. The van der Waals surface area contributed by atoms with Gasteiger partial charge in [-0.3, -0.25) is 4.90 Å². The molecule has 2 N–H and O–H groups in total. The third kappa shape index (κ3) is 7.97. The van der Waals surface area contributed by atoms with E-state index >= 15 is 0 Å². The van der Waals surface area contributed by atoms with Crippen molar-refractivity contribution in [3.8, 4) is 0 Å². The summed E-state index contributed by atoms with van der Waals surface area (Å²) in [5.74, 6) is -0.206. The van der Waals surface area contributed by atoms with Gasteiger partial charge in [0, 0.05) is 49.8 Å². The molecule has 0 aromatic heterocycles. The van der Waals surface area contributed by atoms with Gasteiger partial charge < -0.3 is 20.3 Å². The molecule has 1 aromatic carbocycles. The minimum atomic E-state index is -0.206. The topological polar surface area (TPSA) is 39.8 Å². The first kappa shape index (κ1) is 24.4. The fourth-order valence-corrected chi connectivity index (χ4v) is 5.39. The molecule has 5 nitrogen and oxygen atoms in total. The van der Waals surface area contributed by atoms with Gasteiger partial charge in [-0.25, -0.2) is 4.39 Å². The van der Waals surface area contributed by atoms with Gasteiger partial charge in [0.1, 0.15) is 5.82 Å². The Hall–Kier alpha value is -1.28. The average molecular weight is 451 g/mol. The number of nitrogens with one attached hydrogen (secondary N) is 2. The van der Waals surface area contributed by atoms with Crippen LogP contribution in [0.15, 0.2) is 24.3 Å². The molecule has 2 fully saturated rings. The quantitative estimate of drug-likeness (QED) is 0.620. The van der Waals surface area contributed by atoms with Gasteiger partial charge >= 0.3 is 0 Å². The summed E-state index contributed by atoms with van der Waals surface area (Å²) in [5.41, 5.74) is 1.20. The number of morpholine rings is 1. The first-order valence-electron chi connectivity index (χ1n) is 11.5. The fraction of sp³-hybridized carbons (Fsp3) is 0.708. The largest absolute Gasteiger partial charge is 0.379 e. The van der Waals surface area contributed by atoms with Crippen LogP contribution in [0.3, 0.4) is 0 Å². The fourth-order valence-electron chi connectivity index (χ4n) is 5.06. The lowest BCUT2D eigenvalue weighted by atomic mass is 9.80. The van der Waals surface area contributed by atoms with Gasteiger partial charge in [-0.05, 0) is 76.9 Å². The van der Waals surface area contributed by atoms with Crippen molar-refractivity contribution in [2.75, 3.05) is 39.4 Å². The van der Waals surface area contributed by atoms with Crippen LogP contribution in [-0.2, 0) is 11.3 Å². The summed E-state index contributed by atoms with van der Waals surface area (Å²) in [6.07, 6.45) is 3.08. The molecule has 0 amide bonds. The minimum Gasteiger partial charge on any atom is -0.379 e. The molecule has 7 heteroatoms. The number of piperidine rings is 1. The van der Waals surface area contributed by atoms with Crippen LogP contribution in [-0.4, -0.2) is 71.4 Å². The molecule has 0 bridgehead atoms. The third-order valence-corrected chi connectivity index (χ3v) is 6.47. The number of ether oxygens (including phenoxy) is 1. The number of thiocarbonyl (C=S) groups is 1. The van der Waals surface area contributed by atoms with Crippen LogP contribution in [0.4, 0.5) is 4.39 Å². The maximum atomic E-state index is 13.4. The van der Waals surface area contributed by atoms with Crippen molar-refractivity contribution in [3.05, 3.63) is 35.6 Å². The van der Waals surface area contributed by atoms with Crippen molar-refractivity contribution in [1.82, 2.24) is 20.4 Å². The third-order valence-electron chi connectivity index (χ3n) is 6.10. The SMILES string of the molecule is CC1(C)CC(NC(=S)N(CCCN2CCOCC2)Cc2ccc(F)cc2)CC(C)(C)N1. The summed E-state index contributed by atoms with van der Waals surface area (Å²) in [4.78, 5) is 4.69. The molecule has 2 aliphatic rings. The lowest BCUT2D eigenvalue weighted by Gasteiger charge is -2.47. The number of nitrogens with zero attached hydrogens (tertiary/aromatic N) is 2. The molecule has 0 spiro atoms. The average Bonchev–Trinajstić information content (AvgIpc) is 2.67. The Bertz CT molecular complexity index is 703. The Kier molecular flexibility index (Phi) is 8.30. The minimum absolute atomic E-state index is 0.0626. The molecule has 0 aliphatic carbocycles. The standard InChI is InChI=1S/C24H39FN4OS/c1-23(2)16-21(17-24(3,4)27-23)26-22(31)29(18-19-6-8-20(25)9-7-19)11-5-10-28-12-14-30-15-13-28/h6-9,21,27H,5,10-18H2,1-4H3,(H,26,31). The Morgan fingerprint density at radius 2 is 1.77 bits per heavy atom. The van der Waals surface area contributed by atoms with E-state index in [9.17, 15) is 4.39 Å². The molecule has 0 saturated carbocycles. The molecule has 0 radical (unpaired) electrons. The second-order valence-corrected chi connectivity index (χ2v) is 10.7. The molecule has 3 rings (SSSR count). The summed E-state index contributed by atoms with van der Waals surface area (Å²) in [5, 5.41) is 8.19. The molecule has 2 saturated heterocycles. The van der Waals surface area contributed by atoms with Gasteiger partial charge in [-0.2, -0.15) is 0 Å². The van der Waals surface area contributed by atoms with Crippen LogP contribution in [0.2, 0.25) is 0 Å². The van der Waals surface area contributed by atoms with Gasteiger partial charge in [-0.15, -0.1) is 0 Å². The molecule has 0 atom stereocenters. The highest BCUT2D eigenvalue weighted by Crippen LogP contribution is 2.28. The van der Waals surface area contributed by atoms with E-state index in [4.69, 9.17) is 17.0 Å². The first-order valence-corrected chi connectivity index (χ1v) is 11.9. The Morgan fingerprint density at radius 3 is 2.39 bits per heavy atom. The van der Waals surface area contributed by atoms with Crippen LogP contribution in [0.1, 0.15) is 52.5 Å². The second-order valence-electron chi connectivity index (χ2n) is 10.3. The van der Waals surface area contributed by atoms with Crippen LogP contribution < -0.4 is 10.6 Å². The van der Waals surface area contributed by atoms with Gasteiger partial charge in [-0.1, -0.05) is 12.1 Å². The van der Waals surface area contributed by atoms with Crippen LogP contribution in [0.25, 0.3) is 0 Å². The molecule has 174 valence electrons. The van der Waals surface area contributed by atoms with Crippen molar-refractivity contribution in [3.63, 3.8) is 0 Å². The summed E-state index contributed by atoms with van der Waals surface area (Å²) >= 11 is 5.89. The monoisotopic (exact) mass is 450 g/mol. The Balaban J connectivity index is 1.62. The van der Waals surface area contributed by atoms with Crippen molar-refractivity contribution in [2.24, 2.45) is 0 Å². The molecule has 1 aromatic rings. The van der Waals surface area contributed by atoms with E-state index in [1.54, 1.807) is 0 Å². The number of hydrogen-bond acceptors (Lipinski definition) is 4. The Labute approximate surface area is 192 Å². The maximum Gasteiger partial charge on any atom is 0.169 e. The smallest absolute Gasteiger partial charge is 0.169 e. The van der Waals surface area contributed by atoms with Crippen LogP contribution >= 0.6 is 12.2 Å². The number of benzene rings is 1. The van der Waals surface area contributed by atoms with Crippen LogP contribution in [0.5, 0.6) is 0 Å². The van der Waals surface area contributed by atoms with E-state index < -0.39 is 0 Å². The molecular formula is C24H39FN4OS. The van der Waals surface area contributed by atoms with Crippen LogP contribution in [0, 0.1) is 5.82 Å². The van der Waals surface area contributed by atoms with Crippen molar-refractivity contribution >= 4 is 17.3 Å². The zero-order valence-electron chi connectivity index (χ0n) is 19.5. The summed E-state index contributed by atoms with van der Waals surface area (Å²) in [7, 11) is 0. The predicted octanol–water partition coefficient (Wildman–Crippen LogP) is 3.53. The van der Waals surface area contributed by atoms with Crippen molar-refractivity contribution in [1.29, 1.82) is 0 Å². The second kappa shape index (κ2) is 10.6. The lowest BCUT2D eigenvalue weighted by Crippen LogP contribution is -2.62. The van der Waals surface area contributed by atoms with E-state index in [0.717, 1.165) is 69.3 Å². The number of rotatable bonds is 7. The summed E-state index contributed by atoms with van der Waals surface area (Å²) in [6, 6.07) is 7.08. The van der Waals surface area contributed by atoms with Gasteiger partial charge in [0.15, 0.2) is 5.11 Å². The van der Waals surface area contributed by atoms with E-state index in [1.165, 1.54) is 12.1 Å². The summed E-state index contributed by atoms with van der Waals surface area (Å²) < 4.78 is 18.8. The highest BCUT2D eigenvalue weighted by atomic mass is 32.1. The highest BCUT2D eigenvalue weighted by molar-refractivity contribution is 7.80. The van der Waals surface area contributed by atoms with E-state index in [2.05, 4.69) is 48.1 Å². The normalized spacial score (nSPS) is 21.6. The van der Waals surface area contributed by atoms with E-state index in [0.29, 0.717) is 12.6 Å². The number of hydrogen-bond donors (Lipinski definition) is 2. The Morgan fingerprint density at radius 1 is 1.16 bits per heavy atom. The van der Waals surface area contributed by atoms with E-state index in [1.807, 2.05) is 12.1 Å². The van der Waals surface area contributed by atoms with Gasteiger partial charge in [0.25, 0.3) is 0 Å². The molecule has 2 aliphatic heterocycles. The zero-order chi connectivity index (χ0) is 22.5. The molecular weight excluding hydrogens is 411 g/mol. The van der Waals surface area contributed by atoms with E-state index in [-0.39, 0.29) is 16.9 Å². The van der Waals surface area contributed by atoms with Crippen molar-refractivity contribution < 1.29 is 9.13 Å². The first-order chi connectivity index (χ1) is 14.6. The highest BCUT2D eigenvalue weighted by Gasteiger charge is 2.38. The number of halogens is 1. The van der Waals surface area contributed by atoms with Gasteiger partial charge in [0.05, 0.1) is 13.2 Å². The lowest BCUT2D eigenvalue weighted by molar-refractivity contribution is 0.0367. The molecule has 2 heterocycles. The zero-order valence-corrected chi connectivity index (χ0v) is 20.4. The van der Waals surface area contributed by atoms with Gasteiger partial charge in [0.2, 0.25) is 0 Å². The molecule has 31 heavy (non-hydrogen) atoms.